The van der Waals surface area contributed by atoms with Gasteiger partial charge in [-0.05, 0) is 36.4 Å². The fraction of sp³-hybridized carbons (Fsp3) is 0. The molecule has 0 saturated carbocycles. The Morgan fingerprint density at radius 1 is 0.400 bits per heavy atom. The number of carbonyl (C=O) groups excluding carboxylic acids is 3. The molecule has 0 saturated heterocycles. The van der Waals surface area contributed by atoms with Crippen molar-refractivity contribution in [2.45, 2.75) is 0 Å². The molecular weight excluding hydrogens is 733 g/mol. The van der Waals surface area contributed by atoms with Crippen molar-refractivity contribution in [3.8, 4) is 0 Å². The van der Waals surface area contributed by atoms with Gasteiger partial charge in [0.15, 0.2) is 0 Å². The van der Waals surface area contributed by atoms with Gasteiger partial charge in [-0.3, -0.25) is 20.4 Å². The van der Waals surface area contributed by atoms with Crippen LogP contribution in [-0.4, -0.2) is 20.4 Å². The minimum Gasteiger partial charge on any atom is -0.545 e. The smallest absolute Gasteiger partial charge is 0.257 e. The van der Waals surface area contributed by atoms with E-state index in [1.165, 1.54) is 0 Å². The predicted octanol–water partition coefficient (Wildman–Crippen LogP) is 7.14. The van der Waals surface area contributed by atoms with E-state index in [4.69, 9.17) is 34.1 Å². The molecule has 0 spiro atoms. The van der Waals surface area contributed by atoms with Crippen molar-refractivity contribution in [3.63, 3.8) is 0 Å². The number of hydrogen-bond acceptors (Lipinski definition) is 3. The van der Waals surface area contributed by atoms with Crippen LogP contribution in [0.5, 0.6) is 0 Å². The van der Waals surface area contributed by atoms with E-state index in [9.17, 15) is 39.5 Å². The van der Waals surface area contributed by atoms with E-state index in [0.29, 0.717) is 36.4 Å². The standard InChI is InChI=1S/3C7H2F3N.3CHO.W/c3*1-11-7-5(9)2-4(8)3-6(7)10;3*1-2;/h3*2-3H;3*1H;/q;;;3*-1;. The minimum atomic E-state index is -1.17. The fourth-order valence-corrected chi connectivity index (χ4v) is 1.92. The van der Waals surface area contributed by atoms with E-state index in [-0.39, 0.29) is 21.1 Å². The second-order valence-corrected chi connectivity index (χ2v) is 5.49. The molecule has 0 unspecified atom stereocenters. The van der Waals surface area contributed by atoms with Gasteiger partial charge in [-0.15, -0.1) is 0 Å². The Morgan fingerprint density at radius 2 is 0.525 bits per heavy atom. The van der Waals surface area contributed by atoms with Crippen molar-refractivity contribution in [2.24, 2.45) is 0 Å². The summed E-state index contributed by atoms with van der Waals surface area (Å²) in [6.45, 7) is 28.7. The zero-order chi connectivity index (χ0) is 31.3. The summed E-state index contributed by atoms with van der Waals surface area (Å²) >= 11 is 0. The molecule has 0 aromatic heterocycles. The first kappa shape index (κ1) is 42.3. The maximum atomic E-state index is 12.4. The molecule has 3 aromatic carbocycles. The van der Waals surface area contributed by atoms with Crippen molar-refractivity contribution in [2.75, 3.05) is 0 Å². The van der Waals surface area contributed by atoms with E-state index in [1.807, 2.05) is 0 Å². The molecule has 0 radical (unpaired) electrons. The van der Waals surface area contributed by atoms with Crippen molar-refractivity contribution >= 4 is 37.4 Å². The van der Waals surface area contributed by atoms with Crippen molar-refractivity contribution in [3.05, 3.63) is 123 Å². The largest absolute Gasteiger partial charge is 0.545 e. The second-order valence-electron chi connectivity index (χ2n) is 5.49. The molecule has 0 fully saturated rings. The normalized spacial score (nSPS) is 7.95. The number of benzene rings is 3. The summed E-state index contributed by atoms with van der Waals surface area (Å²) in [5.41, 5.74) is -2.32. The Labute approximate surface area is 235 Å². The van der Waals surface area contributed by atoms with Gasteiger partial charge in [-0.25, -0.2) is 54.0 Å². The van der Waals surface area contributed by atoms with E-state index < -0.39 is 69.4 Å². The van der Waals surface area contributed by atoms with Crippen LogP contribution < -0.4 is 0 Å². The van der Waals surface area contributed by atoms with Crippen LogP contribution in [0.4, 0.5) is 56.6 Å². The summed E-state index contributed by atoms with van der Waals surface area (Å²) in [7, 11) is 0. The zero-order valence-corrected chi connectivity index (χ0v) is 22.0. The molecule has 210 valence electrons. The van der Waals surface area contributed by atoms with Crippen LogP contribution in [0.25, 0.3) is 14.5 Å². The molecule has 0 atom stereocenters. The van der Waals surface area contributed by atoms with Crippen molar-refractivity contribution in [1.82, 2.24) is 0 Å². The Hall–Kier alpha value is -4.80. The Kier molecular flexibility index (Phi) is 24.7. The van der Waals surface area contributed by atoms with Gasteiger partial charge in [-0.1, -0.05) is 0 Å². The summed E-state index contributed by atoms with van der Waals surface area (Å²) < 4.78 is 111. The number of halogens is 9. The maximum absolute atomic E-state index is 12.4. The first-order chi connectivity index (χ1) is 18.4. The summed E-state index contributed by atoms with van der Waals surface area (Å²) in [5, 5.41) is 0. The molecule has 0 aliphatic rings. The SMILES string of the molecule is [C-]#[N+]c1c(F)cc(F)cc1F.[C-]#[N+]c1c(F)cc(F)cc1F.[C-]#[N+]c1c(F)cc(F)cc1F.[CH-]=O.[CH-]=O.[CH-]=O.[W]. The minimum absolute atomic E-state index is 0. The van der Waals surface area contributed by atoms with Crippen LogP contribution in [0.1, 0.15) is 0 Å². The van der Waals surface area contributed by atoms with E-state index in [1.54, 1.807) is 0 Å². The first-order valence-corrected chi connectivity index (χ1v) is 8.71. The van der Waals surface area contributed by atoms with Gasteiger partial charge in [0.1, 0.15) is 52.4 Å². The third-order valence-electron chi connectivity index (χ3n) is 3.28. The van der Waals surface area contributed by atoms with Gasteiger partial charge in [0, 0.05) is 21.1 Å². The van der Waals surface area contributed by atoms with Crippen LogP contribution in [0.2, 0.25) is 0 Å². The predicted molar refractivity (Wildman–Crippen MR) is 118 cm³/mol. The first-order valence-electron chi connectivity index (χ1n) is 8.71. The third kappa shape index (κ3) is 14.2. The van der Waals surface area contributed by atoms with Gasteiger partial charge in [0.25, 0.3) is 17.1 Å². The van der Waals surface area contributed by atoms with Crippen molar-refractivity contribution < 1.29 is 75.0 Å². The molecule has 0 heterocycles. The fourth-order valence-electron chi connectivity index (χ4n) is 1.92. The van der Waals surface area contributed by atoms with Crippen molar-refractivity contribution in [1.29, 1.82) is 0 Å². The van der Waals surface area contributed by atoms with Crippen LogP contribution in [0.15, 0.2) is 36.4 Å². The van der Waals surface area contributed by atoms with Crippen LogP contribution >= 0.6 is 0 Å². The monoisotopic (exact) mass is 742 g/mol. The maximum Gasteiger partial charge on any atom is 0.257 e. The quantitative estimate of drug-likeness (QED) is 0.140. The van der Waals surface area contributed by atoms with Crippen LogP contribution in [0.3, 0.4) is 0 Å². The Balaban J connectivity index is -0.000000219. The second kappa shape index (κ2) is 23.3. The van der Waals surface area contributed by atoms with Crippen LogP contribution in [-0.2, 0) is 35.4 Å². The molecule has 0 aliphatic carbocycles. The van der Waals surface area contributed by atoms with Gasteiger partial charge in [-0.2, -0.15) is 0 Å². The molecule has 0 amide bonds. The number of hydrogen-bond donors (Lipinski definition) is 0. The molecule has 3 rings (SSSR count). The van der Waals surface area contributed by atoms with Gasteiger partial charge in [0.05, 0.1) is 19.7 Å². The topological polar surface area (TPSA) is 64.3 Å². The average Bonchev–Trinajstić information content (AvgIpc) is 2.87. The zero-order valence-electron chi connectivity index (χ0n) is 19.1. The Bertz CT molecular complexity index is 1140. The molecule has 3 aromatic rings. The van der Waals surface area contributed by atoms with E-state index in [0.717, 1.165) is 0 Å². The molecular formula is C24H9F9N3O3W-3. The van der Waals surface area contributed by atoms with Crippen LogP contribution in [0, 0.1) is 72.1 Å². The molecule has 6 nitrogen and oxygen atoms in total. The van der Waals surface area contributed by atoms with E-state index >= 15 is 0 Å². The molecule has 0 aliphatic heterocycles. The average molecular weight is 742 g/mol. The number of rotatable bonds is 0. The summed E-state index contributed by atoms with van der Waals surface area (Å²) in [5.74, 6) is -10.1. The molecule has 0 bridgehead atoms. The molecule has 16 heteroatoms. The van der Waals surface area contributed by atoms with E-state index in [2.05, 4.69) is 34.9 Å². The molecule has 0 N–H and O–H groups in total. The molecule has 40 heavy (non-hydrogen) atoms. The summed E-state index contributed by atoms with van der Waals surface area (Å²) in [6.07, 6.45) is 0. The third-order valence-corrected chi connectivity index (χ3v) is 3.28. The number of nitrogens with zero attached hydrogens (tertiary/aromatic N) is 3. The summed E-state index contributed by atoms with van der Waals surface area (Å²) in [6, 6.07) is 2.81. The summed E-state index contributed by atoms with van der Waals surface area (Å²) in [4.78, 5) is 30.9. The van der Waals surface area contributed by atoms with Gasteiger partial charge >= 0.3 is 0 Å². The Morgan fingerprint density at radius 3 is 0.625 bits per heavy atom. The van der Waals surface area contributed by atoms with Gasteiger partial charge in [0.2, 0.25) is 0 Å². The van der Waals surface area contributed by atoms with Gasteiger partial charge < -0.3 is 14.4 Å².